The Morgan fingerprint density at radius 2 is 0.657 bits per heavy atom. The van der Waals surface area contributed by atoms with Crippen LogP contribution in [0.15, 0.2) is 121 Å². The molecular formula is C26H24NiO6P2. The van der Waals surface area contributed by atoms with E-state index in [0.29, 0.717) is 23.0 Å². The van der Waals surface area contributed by atoms with Crippen LogP contribution >= 0.6 is 15.2 Å². The summed E-state index contributed by atoms with van der Waals surface area (Å²) in [4.78, 5) is 0. The van der Waals surface area contributed by atoms with Crippen molar-refractivity contribution in [2.45, 2.75) is 12.3 Å². The van der Waals surface area contributed by atoms with Gasteiger partial charge in [-0.3, -0.25) is 0 Å². The fourth-order valence-corrected chi connectivity index (χ4v) is 7.33. The van der Waals surface area contributed by atoms with E-state index in [-0.39, 0.29) is 16.5 Å². The second kappa shape index (κ2) is 12.1. The average Bonchev–Trinajstić information content (AvgIpc) is 2.86. The first-order chi connectivity index (χ1) is 16.5. The topological polar surface area (TPSA) is 71.1 Å². The third-order valence-corrected chi connectivity index (χ3v) is 10.2. The van der Waals surface area contributed by atoms with Gasteiger partial charge in [0.05, 0.1) is 0 Å². The third kappa shape index (κ3) is 7.02. The summed E-state index contributed by atoms with van der Waals surface area (Å²) in [5.41, 5.74) is 0. The van der Waals surface area contributed by atoms with Crippen molar-refractivity contribution in [3.8, 4) is 23.0 Å². The summed E-state index contributed by atoms with van der Waals surface area (Å²) in [6.45, 7) is 1.49. The van der Waals surface area contributed by atoms with Crippen LogP contribution in [0.3, 0.4) is 0 Å². The maximum Gasteiger partial charge on any atom is 0.448 e. The van der Waals surface area contributed by atoms with Gasteiger partial charge in [-0.1, -0.05) is 72.8 Å². The molecule has 0 amide bonds. The molecule has 0 N–H and O–H groups in total. The van der Waals surface area contributed by atoms with Gasteiger partial charge in [0.2, 0.25) is 5.40 Å². The summed E-state index contributed by atoms with van der Waals surface area (Å²) in [5, 5.41) is -1.29. The van der Waals surface area contributed by atoms with Gasteiger partial charge in [0.25, 0.3) is 0 Å². The van der Waals surface area contributed by atoms with E-state index in [1.54, 1.807) is 121 Å². The Kier molecular flexibility index (Phi) is 9.23. The molecule has 0 bridgehead atoms. The molecule has 35 heavy (non-hydrogen) atoms. The summed E-state index contributed by atoms with van der Waals surface area (Å²) in [6.07, 6.45) is 0. The maximum atomic E-state index is 14.3. The second-order valence-electron chi connectivity index (χ2n) is 7.33. The second-order valence-corrected chi connectivity index (χ2v) is 12.2. The Morgan fingerprint density at radius 1 is 0.457 bits per heavy atom. The summed E-state index contributed by atoms with van der Waals surface area (Å²) >= 11 is 0. The van der Waals surface area contributed by atoms with E-state index in [4.69, 9.17) is 18.1 Å². The van der Waals surface area contributed by atoms with Crippen LogP contribution in [0.5, 0.6) is 23.0 Å². The van der Waals surface area contributed by atoms with Gasteiger partial charge in [0, 0.05) is 16.5 Å². The number of para-hydroxylation sites is 4. The van der Waals surface area contributed by atoms with Crippen molar-refractivity contribution in [2.24, 2.45) is 0 Å². The number of benzene rings is 4. The average molecular weight is 553 g/mol. The largest absolute Gasteiger partial charge is 0.448 e. The van der Waals surface area contributed by atoms with Crippen molar-refractivity contribution in [1.82, 2.24) is 0 Å². The van der Waals surface area contributed by atoms with Crippen LogP contribution in [-0.2, 0) is 25.6 Å². The fourth-order valence-electron chi connectivity index (χ4n) is 3.03. The van der Waals surface area contributed by atoms with Crippen molar-refractivity contribution in [3.63, 3.8) is 0 Å². The summed E-state index contributed by atoms with van der Waals surface area (Å²) in [6, 6.07) is 34.4. The molecular weight excluding hydrogens is 529 g/mol. The molecule has 0 unspecified atom stereocenters. The first-order valence-corrected chi connectivity index (χ1v) is 13.9. The SMILES string of the molecule is CC(P(=O)(Oc1ccccc1)Oc1ccccc1)P(=O)(Oc1ccccc1)Oc1ccccc1.[Ni]. The summed E-state index contributed by atoms with van der Waals surface area (Å²) in [5.74, 6) is 1.22. The Bertz CT molecular complexity index is 1080. The van der Waals surface area contributed by atoms with Gasteiger partial charge in [-0.25, -0.2) is 9.13 Å². The maximum absolute atomic E-state index is 14.3. The van der Waals surface area contributed by atoms with Gasteiger partial charge in [-0.2, -0.15) is 0 Å². The zero-order chi connectivity index (χ0) is 23.9. The fraction of sp³-hybridized carbons (Fsp3) is 0.0769. The van der Waals surface area contributed by atoms with Gasteiger partial charge in [0.1, 0.15) is 23.0 Å². The van der Waals surface area contributed by atoms with Gasteiger partial charge >= 0.3 is 15.2 Å². The smallest absolute Gasteiger partial charge is 0.415 e. The molecule has 0 aliphatic heterocycles. The standard InChI is InChI=1S/C26H24O6P2.Ni/c1-22(33(27,29-23-14-6-2-7-15-23)30-24-16-8-3-9-17-24)34(28,31-25-18-10-4-11-19-25)32-26-20-12-5-13-21-26;/h2-22H,1H3;. The zero-order valence-electron chi connectivity index (χ0n) is 18.8. The minimum atomic E-state index is -4.16. The molecule has 0 saturated carbocycles. The molecule has 0 aliphatic rings. The van der Waals surface area contributed by atoms with Crippen molar-refractivity contribution in [1.29, 1.82) is 0 Å². The van der Waals surface area contributed by atoms with Crippen molar-refractivity contribution < 1.29 is 43.7 Å². The third-order valence-electron chi connectivity index (χ3n) is 4.82. The van der Waals surface area contributed by atoms with Gasteiger partial charge < -0.3 is 18.1 Å². The predicted octanol–water partition coefficient (Wildman–Crippen LogP) is 8.03. The van der Waals surface area contributed by atoms with E-state index in [1.165, 1.54) is 6.92 Å². The summed E-state index contributed by atoms with van der Waals surface area (Å²) in [7, 11) is -8.33. The molecule has 0 atom stereocenters. The van der Waals surface area contributed by atoms with Crippen LogP contribution in [0.25, 0.3) is 0 Å². The Hall–Kier alpha value is -2.97. The number of hydrogen-bond donors (Lipinski definition) is 0. The van der Waals surface area contributed by atoms with Crippen molar-refractivity contribution in [2.75, 3.05) is 0 Å². The molecule has 4 rings (SSSR count). The van der Waals surface area contributed by atoms with Crippen molar-refractivity contribution >= 4 is 15.2 Å². The zero-order valence-corrected chi connectivity index (χ0v) is 21.6. The minimum Gasteiger partial charge on any atom is -0.415 e. The first kappa shape index (κ1) is 26.6. The van der Waals surface area contributed by atoms with E-state index in [1.807, 2.05) is 0 Å². The van der Waals surface area contributed by atoms with Gasteiger partial charge in [-0.15, -0.1) is 0 Å². The molecule has 4 aromatic carbocycles. The monoisotopic (exact) mass is 552 g/mol. The van der Waals surface area contributed by atoms with Gasteiger partial charge in [0.15, 0.2) is 0 Å². The quantitative estimate of drug-likeness (QED) is 0.146. The molecule has 0 aliphatic carbocycles. The van der Waals surface area contributed by atoms with E-state index < -0.39 is 20.6 Å². The van der Waals surface area contributed by atoms with E-state index in [0.717, 1.165) is 0 Å². The van der Waals surface area contributed by atoms with Crippen molar-refractivity contribution in [3.05, 3.63) is 121 Å². The van der Waals surface area contributed by atoms with Crippen LogP contribution in [-0.4, -0.2) is 5.40 Å². The normalized spacial score (nSPS) is 11.3. The minimum absolute atomic E-state index is 0. The molecule has 0 saturated heterocycles. The summed E-state index contributed by atoms with van der Waals surface area (Å²) < 4.78 is 52.2. The van der Waals surface area contributed by atoms with E-state index in [2.05, 4.69) is 0 Å². The van der Waals surface area contributed by atoms with Crippen LogP contribution in [0.4, 0.5) is 0 Å². The molecule has 9 heteroatoms. The molecule has 4 aromatic rings. The molecule has 0 spiro atoms. The van der Waals surface area contributed by atoms with Crippen LogP contribution in [0.1, 0.15) is 6.92 Å². The number of rotatable bonds is 10. The first-order valence-electron chi connectivity index (χ1n) is 10.6. The Balaban J connectivity index is 0.00000342. The van der Waals surface area contributed by atoms with Crippen LogP contribution < -0.4 is 18.1 Å². The Labute approximate surface area is 215 Å². The van der Waals surface area contributed by atoms with Crippen LogP contribution in [0, 0.1) is 0 Å². The molecule has 6 nitrogen and oxygen atoms in total. The van der Waals surface area contributed by atoms with E-state index in [9.17, 15) is 9.13 Å². The molecule has 0 aromatic heterocycles. The molecule has 0 radical (unpaired) electrons. The number of hydrogen-bond acceptors (Lipinski definition) is 6. The van der Waals surface area contributed by atoms with Gasteiger partial charge in [-0.05, 0) is 55.5 Å². The Morgan fingerprint density at radius 3 is 0.857 bits per heavy atom. The van der Waals surface area contributed by atoms with Crippen LogP contribution in [0.2, 0.25) is 0 Å². The molecule has 0 heterocycles. The van der Waals surface area contributed by atoms with E-state index >= 15 is 0 Å². The molecule has 0 fully saturated rings. The predicted molar refractivity (Wildman–Crippen MR) is 133 cm³/mol. The molecule has 184 valence electrons.